The molecular weight excluding hydrogens is 368 g/mol. The Morgan fingerprint density at radius 2 is 1.86 bits per heavy atom. The van der Waals surface area contributed by atoms with Gasteiger partial charge in [-0.1, -0.05) is 0 Å². The van der Waals surface area contributed by atoms with Crippen LogP contribution in [0.5, 0.6) is 5.75 Å². The first-order valence-corrected chi connectivity index (χ1v) is 9.13. The fraction of sp³-hybridized carbons (Fsp3) is 0.579. The normalized spacial score (nSPS) is 15.6. The maximum absolute atomic E-state index is 12.4. The van der Waals surface area contributed by atoms with E-state index in [-0.39, 0.29) is 25.2 Å². The molecule has 0 aromatic heterocycles. The molecule has 2 rings (SSSR count). The molecule has 0 aliphatic carbocycles. The van der Waals surface area contributed by atoms with Crippen LogP contribution in [0.4, 0.5) is 0 Å². The quantitative estimate of drug-likeness (QED) is 0.324. The van der Waals surface area contributed by atoms with Crippen LogP contribution in [0, 0.1) is 0 Å². The second-order valence-electron chi connectivity index (χ2n) is 6.08. The number of carbonyl (C=O) groups excluding carboxylic acids is 2. The number of methoxy groups -OCH3 is 2. The van der Waals surface area contributed by atoms with Crippen LogP contribution >= 0.6 is 0 Å². The van der Waals surface area contributed by atoms with Gasteiger partial charge in [0.15, 0.2) is 6.79 Å². The Morgan fingerprint density at radius 3 is 2.50 bits per heavy atom. The number of rotatable bonds is 11. The van der Waals surface area contributed by atoms with Gasteiger partial charge in [-0.2, -0.15) is 0 Å². The highest BCUT2D eigenvalue weighted by Gasteiger charge is 2.28. The number of hydrogen-bond acceptors (Lipinski definition) is 8. The summed E-state index contributed by atoms with van der Waals surface area (Å²) in [5.41, 5.74) is 0.471. The van der Waals surface area contributed by atoms with Crippen molar-refractivity contribution >= 4 is 11.9 Å². The van der Waals surface area contributed by atoms with Gasteiger partial charge in [0.25, 0.3) is 5.91 Å². The third-order valence-corrected chi connectivity index (χ3v) is 4.27. The van der Waals surface area contributed by atoms with E-state index in [9.17, 15) is 9.59 Å². The molecule has 1 atom stereocenters. The molecule has 0 bridgehead atoms. The number of carbonyl (C=O) groups is 2. The molecule has 1 unspecified atom stereocenters. The van der Waals surface area contributed by atoms with Gasteiger partial charge in [0, 0.05) is 32.3 Å². The summed E-state index contributed by atoms with van der Waals surface area (Å²) < 4.78 is 25.7. The summed E-state index contributed by atoms with van der Waals surface area (Å²) in [6.45, 7) is 3.56. The topological polar surface area (TPSA) is 95.6 Å². The molecule has 9 heteroatoms. The van der Waals surface area contributed by atoms with Crippen molar-refractivity contribution in [3.63, 3.8) is 0 Å². The standard InChI is InChI=1S/C19H28N2O7/c1-24-11-12-27-14-28-16-5-3-15(4-6-16)18(22)20-13-17(19(23)25-2)21-7-9-26-10-8-21/h3-6,17H,7-14H2,1-2H3,(H,20,22). The number of nitrogens with zero attached hydrogens (tertiary/aromatic N) is 1. The van der Waals surface area contributed by atoms with Crippen molar-refractivity contribution in [3.05, 3.63) is 29.8 Å². The Kier molecular flexibility index (Phi) is 9.70. The van der Waals surface area contributed by atoms with Crippen molar-refractivity contribution in [1.29, 1.82) is 0 Å². The van der Waals surface area contributed by atoms with Crippen LogP contribution in [0.1, 0.15) is 10.4 Å². The van der Waals surface area contributed by atoms with E-state index in [0.29, 0.717) is 50.8 Å². The number of hydrogen-bond donors (Lipinski definition) is 1. The van der Waals surface area contributed by atoms with Gasteiger partial charge >= 0.3 is 5.97 Å². The summed E-state index contributed by atoms with van der Waals surface area (Å²) >= 11 is 0. The molecule has 1 aliphatic heterocycles. The maximum atomic E-state index is 12.4. The lowest BCUT2D eigenvalue weighted by molar-refractivity contribution is -0.148. The van der Waals surface area contributed by atoms with Crippen molar-refractivity contribution < 1.29 is 33.3 Å². The summed E-state index contributed by atoms with van der Waals surface area (Å²) in [4.78, 5) is 26.4. The van der Waals surface area contributed by atoms with Gasteiger partial charge in [0.05, 0.1) is 33.5 Å². The molecule has 156 valence electrons. The highest BCUT2D eigenvalue weighted by molar-refractivity contribution is 5.94. The SMILES string of the molecule is COCCOCOc1ccc(C(=O)NCC(C(=O)OC)N2CCOCC2)cc1. The van der Waals surface area contributed by atoms with Crippen LogP contribution in [0.25, 0.3) is 0 Å². The first kappa shape index (κ1) is 22.1. The number of nitrogens with one attached hydrogen (secondary N) is 1. The molecule has 1 amide bonds. The molecule has 1 aromatic carbocycles. The maximum Gasteiger partial charge on any atom is 0.324 e. The number of morpholine rings is 1. The predicted molar refractivity (Wildman–Crippen MR) is 100 cm³/mol. The molecule has 1 fully saturated rings. The van der Waals surface area contributed by atoms with Crippen LogP contribution in [0.3, 0.4) is 0 Å². The van der Waals surface area contributed by atoms with Crippen LogP contribution in [-0.4, -0.2) is 89.9 Å². The minimum absolute atomic E-state index is 0.106. The van der Waals surface area contributed by atoms with E-state index in [0.717, 1.165) is 0 Å². The van der Waals surface area contributed by atoms with E-state index in [4.69, 9.17) is 23.7 Å². The van der Waals surface area contributed by atoms with E-state index < -0.39 is 6.04 Å². The molecule has 9 nitrogen and oxygen atoms in total. The van der Waals surface area contributed by atoms with Gasteiger partial charge in [-0.25, -0.2) is 0 Å². The zero-order valence-corrected chi connectivity index (χ0v) is 16.3. The van der Waals surface area contributed by atoms with E-state index in [1.807, 2.05) is 4.90 Å². The van der Waals surface area contributed by atoms with E-state index in [1.165, 1.54) is 7.11 Å². The summed E-state index contributed by atoms with van der Waals surface area (Å²) in [5.74, 6) is -0.0563. The zero-order chi connectivity index (χ0) is 20.2. The van der Waals surface area contributed by atoms with Crippen LogP contribution in [0.2, 0.25) is 0 Å². The minimum Gasteiger partial charge on any atom is -0.468 e. The van der Waals surface area contributed by atoms with E-state index in [2.05, 4.69) is 5.32 Å². The van der Waals surface area contributed by atoms with Gasteiger partial charge in [0.2, 0.25) is 0 Å². The molecule has 0 radical (unpaired) electrons. The van der Waals surface area contributed by atoms with Crippen molar-refractivity contribution in [3.8, 4) is 5.75 Å². The smallest absolute Gasteiger partial charge is 0.324 e. The molecule has 1 aromatic rings. The Balaban J connectivity index is 1.82. The van der Waals surface area contributed by atoms with Crippen LogP contribution in [-0.2, 0) is 23.7 Å². The van der Waals surface area contributed by atoms with Crippen molar-refractivity contribution in [2.45, 2.75) is 6.04 Å². The second-order valence-corrected chi connectivity index (χ2v) is 6.08. The number of amides is 1. The van der Waals surface area contributed by atoms with Gasteiger partial charge in [0.1, 0.15) is 11.8 Å². The lowest BCUT2D eigenvalue weighted by atomic mass is 10.2. The second kappa shape index (κ2) is 12.3. The third kappa shape index (κ3) is 7.08. The van der Waals surface area contributed by atoms with Gasteiger partial charge in [-0.15, -0.1) is 0 Å². The van der Waals surface area contributed by atoms with Crippen molar-refractivity contribution in [2.24, 2.45) is 0 Å². The molecule has 1 heterocycles. The Hall–Kier alpha value is -2.20. The Labute approximate surface area is 164 Å². The highest BCUT2D eigenvalue weighted by Crippen LogP contribution is 2.12. The molecule has 28 heavy (non-hydrogen) atoms. The predicted octanol–water partition coefficient (Wildman–Crippen LogP) is 0.290. The average molecular weight is 396 g/mol. The molecule has 0 spiro atoms. The summed E-state index contributed by atoms with van der Waals surface area (Å²) in [5, 5.41) is 2.80. The lowest BCUT2D eigenvalue weighted by Gasteiger charge is -2.32. The Bertz CT molecular complexity index is 603. The van der Waals surface area contributed by atoms with Crippen molar-refractivity contribution in [2.75, 3.05) is 67.1 Å². The van der Waals surface area contributed by atoms with Crippen LogP contribution < -0.4 is 10.1 Å². The zero-order valence-electron chi connectivity index (χ0n) is 16.3. The number of ether oxygens (including phenoxy) is 5. The van der Waals surface area contributed by atoms with E-state index in [1.54, 1.807) is 31.4 Å². The van der Waals surface area contributed by atoms with E-state index >= 15 is 0 Å². The van der Waals surface area contributed by atoms with Gasteiger partial charge < -0.3 is 29.0 Å². The first-order valence-electron chi connectivity index (χ1n) is 9.13. The largest absolute Gasteiger partial charge is 0.468 e. The Morgan fingerprint density at radius 1 is 1.14 bits per heavy atom. The summed E-state index contributed by atoms with van der Waals surface area (Å²) in [6.07, 6.45) is 0. The third-order valence-electron chi connectivity index (χ3n) is 4.27. The lowest BCUT2D eigenvalue weighted by Crippen LogP contribution is -2.52. The van der Waals surface area contributed by atoms with Crippen molar-refractivity contribution in [1.82, 2.24) is 10.2 Å². The molecule has 1 N–H and O–H groups in total. The summed E-state index contributed by atoms with van der Waals surface area (Å²) in [6, 6.07) is 6.15. The molecule has 1 saturated heterocycles. The minimum atomic E-state index is -0.537. The average Bonchev–Trinajstić information content (AvgIpc) is 2.74. The van der Waals surface area contributed by atoms with Gasteiger partial charge in [-0.05, 0) is 24.3 Å². The van der Waals surface area contributed by atoms with Crippen LogP contribution in [0.15, 0.2) is 24.3 Å². The molecular formula is C19H28N2O7. The summed E-state index contributed by atoms with van der Waals surface area (Å²) in [7, 11) is 2.94. The monoisotopic (exact) mass is 396 g/mol. The number of esters is 1. The molecule has 0 saturated carbocycles. The van der Waals surface area contributed by atoms with Gasteiger partial charge in [-0.3, -0.25) is 14.5 Å². The number of benzene rings is 1. The molecule has 1 aliphatic rings. The fourth-order valence-electron chi connectivity index (χ4n) is 2.69. The fourth-order valence-corrected chi connectivity index (χ4v) is 2.69. The first-order chi connectivity index (χ1) is 13.7. The highest BCUT2D eigenvalue weighted by atomic mass is 16.7.